The SMILES string of the molecule is CC(=O)[C@H]1[C@H](c2cc([N+](=O)[O-])ccc2[O-])NC(=O)N[C@]1(O)C(F)(F)F. The van der Waals surface area contributed by atoms with Crippen molar-refractivity contribution >= 4 is 17.5 Å². The first-order valence-electron chi connectivity index (χ1n) is 6.72. The van der Waals surface area contributed by atoms with Crippen molar-refractivity contribution in [2.24, 2.45) is 5.92 Å². The van der Waals surface area contributed by atoms with E-state index < -0.39 is 57.6 Å². The molecule has 0 bridgehead atoms. The molecular weight excluding hydrogens is 351 g/mol. The Morgan fingerprint density at radius 2 is 2.00 bits per heavy atom. The van der Waals surface area contributed by atoms with Crippen LogP contribution in [0.15, 0.2) is 18.2 Å². The number of benzene rings is 1. The molecule has 0 unspecified atom stereocenters. The average Bonchev–Trinajstić information content (AvgIpc) is 2.44. The Morgan fingerprint density at radius 1 is 1.40 bits per heavy atom. The normalized spacial score (nSPS) is 26.5. The zero-order valence-corrected chi connectivity index (χ0v) is 12.5. The van der Waals surface area contributed by atoms with Gasteiger partial charge in [0.25, 0.3) is 5.69 Å². The number of rotatable bonds is 3. The van der Waals surface area contributed by atoms with Crippen LogP contribution in [0.25, 0.3) is 0 Å². The van der Waals surface area contributed by atoms with Crippen molar-refractivity contribution < 1.29 is 37.9 Å². The predicted octanol–water partition coefficient (Wildman–Crippen LogP) is 0.478. The quantitative estimate of drug-likeness (QED) is 0.527. The Kier molecular flexibility index (Phi) is 4.34. The minimum atomic E-state index is -5.44. The summed E-state index contributed by atoms with van der Waals surface area (Å²) >= 11 is 0. The van der Waals surface area contributed by atoms with Gasteiger partial charge in [-0.15, -0.1) is 5.75 Å². The topological polar surface area (TPSA) is 145 Å². The summed E-state index contributed by atoms with van der Waals surface area (Å²) in [6.45, 7) is 0.732. The lowest BCUT2D eigenvalue weighted by molar-refractivity contribution is -0.385. The van der Waals surface area contributed by atoms with Gasteiger partial charge in [-0.1, -0.05) is 6.07 Å². The standard InChI is InChI=1S/C13H12F3N3O6/c1-5(20)9-10(7-4-6(19(24)25)2-3-8(7)21)17-11(22)18-12(9,23)13(14,15)16/h2-4,9-10,21,23H,1H3,(H2,17,18,22)/p-1/t9-,10-,12+/m0/s1. The smallest absolute Gasteiger partial charge is 0.437 e. The zero-order chi connectivity index (χ0) is 19.2. The van der Waals surface area contributed by atoms with Crippen LogP contribution in [0.1, 0.15) is 18.5 Å². The zero-order valence-electron chi connectivity index (χ0n) is 12.5. The predicted molar refractivity (Wildman–Crippen MR) is 72.1 cm³/mol. The van der Waals surface area contributed by atoms with Crippen molar-refractivity contribution in [2.45, 2.75) is 24.9 Å². The summed E-state index contributed by atoms with van der Waals surface area (Å²) in [7, 11) is 0. The molecule has 3 N–H and O–H groups in total. The van der Waals surface area contributed by atoms with Crippen molar-refractivity contribution in [3.63, 3.8) is 0 Å². The number of ketones is 1. The molecule has 0 spiro atoms. The van der Waals surface area contributed by atoms with Crippen molar-refractivity contribution in [2.75, 3.05) is 0 Å². The average molecular weight is 362 g/mol. The second kappa shape index (κ2) is 5.88. The van der Waals surface area contributed by atoms with Gasteiger partial charge in [0.05, 0.1) is 16.9 Å². The summed E-state index contributed by atoms with van der Waals surface area (Å²) in [5.74, 6) is -4.46. The molecule has 2 amide bonds. The largest absolute Gasteiger partial charge is 0.872 e. The summed E-state index contributed by atoms with van der Waals surface area (Å²) in [5, 5.41) is 35.9. The molecule has 2 rings (SSSR count). The summed E-state index contributed by atoms with van der Waals surface area (Å²) in [4.78, 5) is 33.3. The molecule has 3 atom stereocenters. The van der Waals surface area contributed by atoms with E-state index in [4.69, 9.17) is 0 Å². The highest BCUT2D eigenvalue weighted by Crippen LogP contribution is 2.44. The lowest BCUT2D eigenvalue weighted by Gasteiger charge is -2.45. The number of nitrogens with zero attached hydrogens (tertiary/aromatic N) is 1. The highest BCUT2D eigenvalue weighted by Gasteiger charge is 2.65. The third-order valence-corrected chi connectivity index (χ3v) is 3.78. The van der Waals surface area contributed by atoms with E-state index in [2.05, 4.69) is 0 Å². The number of alkyl halides is 3. The van der Waals surface area contributed by atoms with E-state index in [1.807, 2.05) is 5.32 Å². The van der Waals surface area contributed by atoms with E-state index in [1.165, 1.54) is 5.32 Å². The molecular formula is C13H11F3N3O6-. The summed E-state index contributed by atoms with van der Waals surface area (Å²) in [5.41, 5.74) is -5.18. The second-order valence-corrected chi connectivity index (χ2v) is 5.41. The van der Waals surface area contributed by atoms with E-state index in [0.29, 0.717) is 6.07 Å². The molecule has 0 aliphatic carbocycles. The molecule has 25 heavy (non-hydrogen) atoms. The molecule has 1 aliphatic rings. The van der Waals surface area contributed by atoms with Crippen molar-refractivity contribution in [3.05, 3.63) is 33.9 Å². The lowest BCUT2D eigenvalue weighted by atomic mass is 9.79. The van der Waals surface area contributed by atoms with E-state index in [9.17, 15) is 43.1 Å². The Hall–Kier alpha value is -2.89. The molecule has 1 saturated heterocycles. The van der Waals surface area contributed by atoms with Gasteiger partial charge < -0.3 is 20.8 Å². The fourth-order valence-electron chi connectivity index (χ4n) is 2.68. The van der Waals surface area contributed by atoms with E-state index in [0.717, 1.165) is 19.1 Å². The first kappa shape index (κ1) is 18.4. The molecule has 1 fully saturated rings. The number of urea groups is 1. The number of nitro groups is 1. The van der Waals surface area contributed by atoms with Crippen LogP contribution >= 0.6 is 0 Å². The van der Waals surface area contributed by atoms with Crippen LogP contribution in [0.3, 0.4) is 0 Å². The number of halogens is 3. The van der Waals surface area contributed by atoms with E-state index >= 15 is 0 Å². The van der Waals surface area contributed by atoms with E-state index in [-0.39, 0.29) is 0 Å². The van der Waals surface area contributed by atoms with Gasteiger partial charge in [-0.25, -0.2) is 4.79 Å². The number of non-ortho nitro benzene ring substituents is 1. The second-order valence-electron chi connectivity index (χ2n) is 5.41. The third-order valence-electron chi connectivity index (χ3n) is 3.78. The molecule has 136 valence electrons. The summed E-state index contributed by atoms with van der Waals surface area (Å²) in [6, 6.07) is -1.19. The molecule has 1 aliphatic heterocycles. The van der Waals surface area contributed by atoms with Gasteiger partial charge in [-0.2, -0.15) is 13.2 Å². The molecule has 9 nitrogen and oxygen atoms in total. The van der Waals surface area contributed by atoms with Crippen LogP contribution in [-0.2, 0) is 4.79 Å². The maximum Gasteiger partial charge on any atom is 0.437 e. The van der Waals surface area contributed by atoms with Crippen molar-refractivity contribution in [1.29, 1.82) is 0 Å². The molecule has 1 heterocycles. The Bertz CT molecular complexity index is 753. The number of Topliss-reactive ketones (excluding diaryl/α,β-unsaturated/α-hetero) is 1. The first-order chi connectivity index (χ1) is 11.4. The van der Waals surface area contributed by atoms with Crippen LogP contribution in [0.4, 0.5) is 23.7 Å². The Morgan fingerprint density at radius 3 is 2.48 bits per heavy atom. The fraction of sp³-hybridized carbons (Fsp3) is 0.385. The fourth-order valence-corrected chi connectivity index (χ4v) is 2.68. The van der Waals surface area contributed by atoms with Crippen LogP contribution in [0, 0.1) is 16.0 Å². The third kappa shape index (κ3) is 3.07. The van der Waals surface area contributed by atoms with Crippen LogP contribution in [0.5, 0.6) is 5.75 Å². The number of hydrogen-bond acceptors (Lipinski definition) is 6. The summed E-state index contributed by atoms with van der Waals surface area (Å²) in [6.07, 6.45) is -5.44. The van der Waals surface area contributed by atoms with Gasteiger partial charge in [-0.3, -0.25) is 14.9 Å². The number of carbonyl (C=O) groups excluding carboxylic acids is 2. The molecule has 1 aromatic rings. The maximum atomic E-state index is 13.3. The van der Waals surface area contributed by atoms with Gasteiger partial charge in [0, 0.05) is 12.1 Å². The molecule has 12 heteroatoms. The molecule has 0 saturated carbocycles. The van der Waals surface area contributed by atoms with Crippen molar-refractivity contribution in [1.82, 2.24) is 10.6 Å². The molecule has 0 radical (unpaired) electrons. The van der Waals surface area contributed by atoms with Crippen LogP contribution in [0.2, 0.25) is 0 Å². The first-order valence-corrected chi connectivity index (χ1v) is 6.72. The highest BCUT2D eigenvalue weighted by molar-refractivity contribution is 5.86. The van der Waals surface area contributed by atoms with Crippen LogP contribution < -0.4 is 15.7 Å². The maximum absolute atomic E-state index is 13.3. The number of nitrogens with one attached hydrogen (secondary N) is 2. The number of carbonyl (C=O) groups is 2. The Balaban J connectivity index is 2.66. The lowest BCUT2D eigenvalue weighted by Crippen LogP contribution is -2.72. The number of amides is 2. The van der Waals surface area contributed by atoms with E-state index in [1.54, 1.807) is 0 Å². The number of hydrogen-bond donors (Lipinski definition) is 3. The highest BCUT2D eigenvalue weighted by atomic mass is 19.4. The van der Waals surface area contributed by atoms with Crippen LogP contribution in [-0.4, -0.2) is 33.7 Å². The van der Waals surface area contributed by atoms with Crippen molar-refractivity contribution in [3.8, 4) is 5.75 Å². The summed E-state index contributed by atoms with van der Waals surface area (Å²) < 4.78 is 39.8. The minimum Gasteiger partial charge on any atom is -0.872 e. The van der Waals surface area contributed by atoms with Gasteiger partial charge in [0.2, 0.25) is 5.72 Å². The van der Waals surface area contributed by atoms with Gasteiger partial charge in [0.15, 0.2) is 0 Å². The number of aliphatic hydroxyl groups is 1. The Labute approximate surface area is 137 Å². The molecule has 0 aromatic heterocycles. The monoisotopic (exact) mass is 362 g/mol. The van der Waals surface area contributed by atoms with Gasteiger partial charge in [0.1, 0.15) is 5.78 Å². The van der Waals surface area contributed by atoms with Gasteiger partial charge in [-0.05, 0) is 12.5 Å². The minimum absolute atomic E-state index is 0.619. The molecule has 1 aromatic carbocycles. The number of nitro benzene ring substituents is 1. The van der Waals surface area contributed by atoms with Gasteiger partial charge >= 0.3 is 12.2 Å².